The molecule has 8 nitrogen and oxygen atoms in total. The maximum Gasteiger partial charge on any atom is 0.293 e. The average molecular weight is 375 g/mol. The van der Waals surface area contributed by atoms with E-state index in [2.05, 4.69) is 25.5 Å². The van der Waals surface area contributed by atoms with Crippen LogP contribution in [0.2, 0.25) is 0 Å². The molecule has 1 N–H and O–H groups in total. The lowest BCUT2D eigenvalue weighted by molar-refractivity contribution is 0.333. The Hall–Kier alpha value is -3.13. The second kappa shape index (κ2) is 6.49. The van der Waals surface area contributed by atoms with E-state index in [0.29, 0.717) is 5.52 Å². The van der Waals surface area contributed by atoms with Gasteiger partial charge in [-0.3, -0.25) is 4.79 Å². The van der Waals surface area contributed by atoms with Gasteiger partial charge in [-0.15, -0.1) is 0 Å². The molecular formula is C20H21N7O. The van der Waals surface area contributed by atoms with Crippen LogP contribution in [-0.2, 0) is 0 Å². The summed E-state index contributed by atoms with van der Waals surface area (Å²) in [5, 5.41) is 13.1. The second-order valence-corrected chi connectivity index (χ2v) is 7.40. The lowest BCUT2D eigenvalue weighted by Gasteiger charge is -2.23. The summed E-state index contributed by atoms with van der Waals surface area (Å²) < 4.78 is 3.39. The van der Waals surface area contributed by atoms with Crippen LogP contribution in [0.15, 0.2) is 35.5 Å². The van der Waals surface area contributed by atoms with Gasteiger partial charge in [0.05, 0.1) is 29.8 Å². The molecule has 0 saturated carbocycles. The van der Waals surface area contributed by atoms with Gasteiger partial charge in [-0.25, -0.2) is 19.2 Å². The summed E-state index contributed by atoms with van der Waals surface area (Å²) in [4.78, 5) is 21.9. The molecule has 0 amide bonds. The van der Waals surface area contributed by atoms with Crippen LogP contribution in [-0.4, -0.2) is 42.5 Å². The molecule has 0 spiro atoms. The summed E-state index contributed by atoms with van der Waals surface area (Å²) in [5.74, 6) is 0. The van der Waals surface area contributed by atoms with Crippen LogP contribution in [0.3, 0.4) is 0 Å². The molecule has 1 fully saturated rings. The molecule has 4 aromatic rings. The number of hydrogen-bond donors (Lipinski definition) is 1. The van der Waals surface area contributed by atoms with Gasteiger partial charge < -0.3 is 5.32 Å². The third kappa shape index (κ3) is 2.77. The first-order valence-electron chi connectivity index (χ1n) is 9.52. The van der Waals surface area contributed by atoms with Gasteiger partial charge in [-0.05, 0) is 57.5 Å². The number of nitrogens with one attached hydrogen (secondary N) is 1. The van der Waals surface area contributed by atoms with Gasteiger partial charge in [0.2, 0.25) is 0 Å². The summed E-state index contributed by atoms with van der Waals surface area (Å²) in [5.41, 5.74) is 4.78. The maximum atomic E-state index is 12.9. The normalized spacial score (nSPS) is 15.5. The molecule has 0 aliphatic carbocycles. The molecule has 0 unspecified atom stereocenters. The highest BCUT2D eigenvalue weighted by Gasteiger charge is 2.19. The smallest absolute Gasteiger partial charge is 0.293 e. The Morgan fingerprint density at radius 3 is 2.79 bits per heavy atom. The highest BCUT2D eigenvalue weighted by atomic mass is 16.1. The number of aromatic nitrogens is 6. The quantitative estimate of drug-likeness (QED) is 0.577. The van der Waals surface area contributed by atoms with E-state index < -0.39 is 0 Å². The maximum absolute atomic E-state index is 12.9. The number of nitrogens with zero attached hydrogens (tertiary/aromatic N) is 6. The van der Waals surface area contributed by atoms with Crippen molar-refractivity contribution in [2.45, 2.75) is 32.7 Å². The van der Waals surface area contributed by atoms with Crippen molar-refractivity contribution in [1.29, 1.82) is 0 Å². The standard InChI is InChI=1S/C20H21N7O/c1-12-7-17(25-26-11-13(2)24-19(12)26)14-8-15-10-23-27(16-3-5-21-6-4-16)20(28)18(15)22-9-14/h7-11,16,21H,3-6H2,1-2H3. The minimum atomic E-state index is -0.124. The Morgan fingerprint density at radius 1 is 1.14 bits per heavy atom. The van der Waals surface area contributed by atoms with Crippen LogP contribution < -0.4 is 10.9 Å². The Balaban J connectivity index is 1.59. The summed E-state index contributed by atoms with van der Waals surface area (Å²) in [6.07, 6.45) is 7.17. The van der Waals surface area contributed by atoms with E-state index in [0.717, 1.165) is 59.5 Å². The molecule has 1 aliphatic heterocycles. The number of piperidine rings is 1. The van der Waals surface area contributed by atoms with Crippen molar-refractivity contribution in [3.63, 3.8) is 0 Å². The van der Waals surface area contributed by atoms with Crippen LogP contribution in [0, 0.1) is 13.8 Å². The van der Waals surface area contributed by atoms with Crippen molar-refractivity contribution in [2.24, 2.45) is 0 Å². The zero-order chi connectivity index (χ0) is 19.3. The van der Waals surface area contributed by atoms with Crippen molar-refractivity contribution in [2.75, 3.05) is 13.1 Å². The van der Waals surface area contributed by atoms with Gasteiger partial charge in [-0.1, -0.05) is 0 Å². The van der Waals surface area contributed by atoms with Crippen molar-refractivity contribution < 1.29 is 0 Å². The van der Waals surface area contributed by atoms with E-state index in [1.165, 1.54) is 0 Å². The zero-order valence-electron chi connectivity index (χ0n) is 15.9. The van der Waals surface area contributed by atoms with Gasteiger partial charge in [0.25, 0.3) is 5.56 Å². The molecule has 5 rings (SSSR count). The lowest BCUT2D eigenvalue weighted by atomic mass is 10.1. The highest BCUT2D eigenvalue weighted by molar-refractivity contribution is 5.81. The predicted molar refractivity (Wildman–Crippen MR) is 106 cm³/mol. The van der Waals surface area contributed by atoms with Gasteiger partial charge in [0, 0.05) is 17.1 Å². The Kier molecular flexibility index (Phi) is 3.94. The average Bonchev–Trinajstić information content (AvgIpc) is 3.09. The molecule has 0 bridgehead atoms. The van der Waals surface area contributed by atoms with Gasteiger partial charge >= 0.3 is 0 Å². The minimum Gasteiger partial charge on any atom is -0.317 e. The topological polar surface area (TPSA) is 90.0 Å². The van der Waals surface area contributed by atoms with E-state index in [-0.39, 0.29) is 11.6 Å². The lowest BCUT2D eigenvalue weighted by Crippen LogP contribution is -2.35. The van der Waals surface area contributed by atoms with Crippen LogP contribution in [0.4, 0.5) is 0 Å². The number of rotatable bonds is 2. The highest BCUT2D eigenvalue weighted by Crippen LogP contribution is 2.23. The molecule has 1 aliphatic rings. The fourth-order valence-corrected chi connectivity index (χ4v) is 3.88. The van der Waals surface area contributed by atoms with Crippen LogP contribution in [0.5, 0.6) is 0 Å². The predicted octanol–water partition coefficient (Wildman–Crippen LogP) is 2.04. The van der Waals surface area contributed by atoms with Crippen LogP contribution in [0.1, 0.15) is 30.1 Å². The first kappa shape index (κ1) is 17.0. The molecule has 8 heteroatoms. The number of pyridine rings is 1. The molecule has 0 aromatic carbocycles. The number of imidazole rings is 1. The van der Waals surface area contributed by atoms with Crippen LogP contribution in [0.25, 0.3) is 27.8 Å². The molecule has 28 heavy (non-hydrogen) atoms. The fourth-order valence-electron chi connectivity index (χ4n) is 3.88. The SMILES string of the molecule is Cc1cn2nc(-c3cnc4c(=O)n(C5CCNCC5)ncc4c3)cc(C)c2n1. The molecular weight excluding hydrogens is 354 g/mol. The summed E-state index contributed by atoms with van der Waals surface area (Å²) in [6.45, 7) is 5.78. The van der Waals surface area contributed by atoms with E-state index in [4.69, 9.17) is 0 Å². The van der Waals surface area contributed by atoms with Crippen molar-refractivity contribution in [3.8, 4) is 11.3 Å². The first-order valence-corrected chi connectivity index (χ1v) is 9.52. The summed E-state index contributed by atoms with van der Waals surface area (Å²) >= 11 is 0. The Bertz CT molecular complexity index is 1250. The molecule has 0 radical (unpaired) electrons. The van der Waals surface area contributed by atoms with E-state index >= 15 is 0 Å². The summed E-state index contributed by atoms with van der Waals surface area (Å²) in [7, 11) is 0. The van der Waals surface area contributed by atoms with Crippen molar-refractivity contribution in [3.05, 3.63) is 52.3 Å². The Morgan fingerprint density at radius 2 is 1.96 bits per heavy atom. The number of hydrogen-bond acceptors (Lipinski definition) is 6. The van der Waals surface area contributed by atoms with Crippen molar-refractivity contribution >= 4 is 16.6 Å². The number of fused-ring (bicyclic) bond motifs is 2. The van der Waals surface area contributed by atoms with Crippen molar-refractivity contribution in [1.82, 2.24) is 34.7 Å². The van der Waals surface area contributed by atoms with E-state index in [9.17, 15) is 4.79 Å². The largest absolute Gasteiger partial charge is 0.317 e. The monoisotopic (exact) mass is 375 g/mol. The van der Waals surface area contributed by atoms with E-state index in [1.807, 2.05) is 32.2 Å². The molecule has 142 valence electrons. The van der Waals surface area contributed by atoms with Crippen LogP contribution >= 0.6 is 0 Å². The molecule has 1 saturated heterocycles. The first-order chi connectivity index (χ1) is 13.6. The van der Waals surface area contributed by atoms with Gasteiger partial charge in [0.15, 0.2) is 5.65 Å². The molecule has 4 aromatic heterocycles. The van der Waals surface area contributed by atoms with Gasteiger partial charge in [0.1, 0.15) is 5.52 Å². The second-order valence-electron chi connectivity index (χ2n) is 7.40. The Labute approximate surface area is 161 Å². The molecule has 5 heterocycles. The minimum absolute atomic E-state index is 0.124. The third-order valence-corrected chi connectivity index (χ3v) is 5.33. The summed E-state index contributed by atoms with van der Waals surface area (Å²) in [6, 6.07) is 4.06. The zero-order valence-corrected chi connectivity index (χ0v) is 15.9. The number of aryl methyl sites for hydroxylation is 2. The molecule has 0 atom stereocenters. The van der Waals surface area contributed by atoms with Gasteiger partial charge in [-0.2, -0.15) is 10.2 Å². The van der Waals surface area contributed by atoms with E-state index in [1.54, 1.807) is 21.6 Å². The third-order valence-electron chi connectivity index (χ3n) is 5.33. The fraction of sp³-hybridized carbons (Fsp3) is 0.350.